The van der Waals surface area contributed by atoms with Crippen molar-refractivity contribution >= 4 is 0 Å². The molecule has 2 heterocycles. The van der Waals surface area contributed by atoms with Crippen LogP contribution in [0.1, 0.15) is 43.5 Å². The summed E-state index contributed by atoms with van der Waals surface area (Å²) >= 11 is 0. The molecule has 0 radical (unpaired) electrons. The van der Waals surface area contributed by atoms with Crippen molar-refractivity contribution in [2.75, 3.05) is 19.8 Å². The van der Waals surface area contributed by atoms with Gasteiger partial charge in [-0.2, -0.15) is 0 Å². The number of rotatable bonds is 5. The fraction of sp³-hybridized carbons (Fsp3) is 0.667. The molecule has 3 nitrogen and oxygen atoms in total. The van der Waals surface area contributed by atoms with E-state index in [1.54, 1.807) is 0 Å². The molecule has 2 rings (SSSR count). The van der Waals surface area contributed by atoms with Crippen LogP contribution in [0.25, 0.3) is 0 Å². The Morgan fingerprint density at radius 3 is 2.89 bits per heavy atom. The molecule has 0 aromatic carbocycles. The van der Waals surface area contributed by atoms with Gasteiger partial charge in [0.05, 0.1) is 0 Å². The first kappa shape index (κ1) is 13.5. The van der Waals surface area contributed by atoms with Crippen LogP contribution in [0, 0.1) is 12.8 Å². The van der Waals surface area contributed by atoms with Gasteiger partial charge in [0, 0.05) is 31.1 Å². The predicted molar refractivity (Wildman–Crippen MR) is 73.6 cm³/mol. The lowest BCUT2D eigenvalue weighted by atomic mass is 9.89. The molecule has 1 unspecified atom stereocenters. The van der Waals surface area contributed by atoms with Gasteiger partial charge in [-0.1, -0.05) is 6.92 Å². The predicted octanol–water partition coefficient (Wildman–Crippen LogP) is 2.86. The lowest BCUT2D eigenvalue weighted by Crippen LogP contribution is -2.26. The second-order valence-electron chi connectivity index (χ2n) is 5.13. The highest BCUT2D eigenvalue weighted by atomic mass is 16.5. The van der Waals surface area contributed by atoms with E-state index in [4.69, 9.17) is 4.74 Å². The fourth-order valence-corrected chi connectivity index (χ4v) is 2.68. The van der Waals surface area contributed by atoms with Crippen molar-refractivity contribution in [1.29, 1.82) is 0 Å². The van der Waals surface area contributed by atoms with Gasteiger partial charge in [-0.25, -0.2) is 0 Å². The molecular weight excluding hydrogens is 224 g/mol. The zero-order valence-electron chi connectivity index (χ0n) is 11.5. The maximum Gasteiger partial charge on any atom is 0.0468 e. The van der Waals surface area contributed by atoms with Gasteiger partial charge in [0.25, 0.3) is 0 Å². The lowest BCUT2D eigenvalue weighted by Gasteiger charge is -2.27. The maximum absolute atomic E-state index is 5.44. The molecule has 1 aliphatic rings. The van der Waals surface area contributed by atoms with Crippen molar-refractivity contribution < 1.29 is 4.74 Å². The van der Waals surface area contributed by atoms with Crippen LogP contribution in [0.15, 0.2) is 18.3 Å². The zero-order chi connectivity index (χ0) is 12.8. The van der Waals surface area contributed by atoms with Gasteiger partial charge in [0.2, 0.25) is 0 Å². The van der Waals surface area contributed by atoms with E-state index in [9.17, 15) is 0 Å². The zero-order valence-corrected chi connectivity index (χ0v) is 11.5. The van der Waals surface area contributed by atoms with Crippen LogP contribution >= 0.6 is 0 Å². The van der Waals surface area contributed by atoms with Gasteiger partial charge in [-0.15, -0.1) is 0 Å². The average molecular weight is 248 g/mol. The number of hydrogen-bond donors (Lipinski definition) is 1. The summed E-state index contributed by atoms with van der Waals surface area (Å²) in [4.78, 5) is 4.28. The fourth-order valence-electron chi connectivity index (χ4n) is 2.68. The second kappa shape index (κ2) is 6.86. The Kier molecular flexibility index (Phi) is 5.14. The summed E-state index contributed by atoms with van der Waals surface area (Å²) in [5, 5.41) is 3.60. The number of aryl methyl sites for hydroxylation is 1. The third-order valence-electron chi connectivity index (χ3n) is 3.68. The smallest absolute Gasteiger partial charge is 0.0468 e. The van der Waals surface area contributed by atoms with E-state index in [0.717, 1.165) is 31.4 Å². The third kappa shape index (κ3) is 3.79. The summed E-state index contributed by atoms with van der Waals surface area (Å²) < 4.78 is 5.44. The van der Waals surface area contributed by atoms with Crippen molar-refractivity contribution in [3.8, 4) is 0 Å². The lowest BCUT2D eigenvalue weighted by molar-refractivity contribution is 0.0606. The molecule has 100 valence electrons. The standard InChI is InChI=1S/C15H24N2O/c1-3-16-15(11-13-5-8-18-9-6-13)14-4-7-17-12(2)10-14/h4,7,10,13,15-16H,3,5-6,8-9,11H2,1-2H3. The number of aromatic nitrogens is 1. The van der Waals surface area contributed by atoms with Gasteiger partial charge >= 0.3 is 0 Å². The Morgan fingerprint density at radius 2 is 2.22 bits per heavy atom. The minimum Gasteiger partial charge on any atom is -0.381 e. The Balaban J connectivity index is 2.02. The summed E-state index contributed by atoms with van der Waals surface area (Å²) in [5.41, 5.74) is 2.47. The molecule has 1 N–H and O–H groups in total. The molecule has 1 saturated heterocycles. The van der Waals surface area contributed by atoms with Crippen LogP contribution < -0.4 is 5.32 Å². The number of pyridine rings is 1. The monoisotopic (exact) mass is 248 g/mol. The highest BCUT2D eigenvalue weighted by Gasteiger charge is 2.20. The third-order valence-corrected chi connectivity index (χ3v) is 3.68. The molecule has 0 aliphatic carbocycles. The van der Waals surface area contributed by atoms with Crippen molar-refractivity contribution in [2.45, 2.75) is 39.2 Å². The molecule has 0 amide bonds. The van der Waals surface area contributed by atoms with E-state index in [1.165, 1.54) is 24.8 Å². The minimum atomic E-state index is 0.458. The van der Waals surface area contributed by atoms with Crippen LogP contribution in [0.2, 0.25) is 0 Å². The van der Waals surface area contributed by atoms with Crippen LogP contribution in [0.3, 0.4) is 0 Å². The van der Waals surface area contributed by atoms with E-state index < -0.39 is 0 Å². The number of nitrogens with zero attached hydrogens (tertiary/aromatic N) is 1. The van der Waals surface area contributed by atoms with E-state index in [2.05, 4.69) is 36.3 Å². The topological polar surface area (TPSA) is 34.1 Å². The molecule has 0 bridgehead atoms. The molecule has 3 heteroatoms. The maximum atomic E-state index is 5.44. The van der Waals surface area contributed by atoms with Crippen molar-refractivity contribution in [3.63, 3.8) is 0 Å². The summed E-state index contributed by atoms with van der Waals surface area (Å²) in [6.07, 6.45) is 5.53. The van der Waals surface area contributed by atoms with E-state index in [1.807, 2.05) is 6.20 Å². The van der Waals surface area contributed by atoms with Crippen LogP contribution in [-0.2, 0) is 4.74 Å². The van der Waals surface area contributed by atoms with Crippen LogP contribution in [0.5, 0.6) is 0 Å². The Labute approximate surface area is 110 Å². The minimum absolute atomic E-state index is 0.458. The summed E-state index contributed by atoms with van der Waals surface area (Å²) in [6, 6.07) is 4.80. The highest BCUT2D eigenvalue weighted by molar-refractivity contribution is 5.19. The van der Waals surface area contributed by atoms with Gasteiger partial charge in [-0.05, 0) is 56.3 Å². The molecule has 1 aromatic heterocycles. The largest absolute Gasteiger partial charge is 0.381 e. The second-order valence-corrected chi connectivity index (χ2v) is 5.13. The van der Waals surface area contributed by atoms with Crippen molar-refractivity contribution in [1.82, 2.24) is 10.3 Å². The van der Waals surface area contributed by atoms with Crippen LogP contribution in [0.4, 0.5) is 0 Å². The summed E-state index contributed by atoms with van der Waals surface area (Å²) in [5.74, 6) is 0.788. The van der Waals surface area contributed by atoms with E-state index in [-0.39, 0.29) is 0 Å². The first-order valence-corrected chi connectivity index (χ1v) is 7.03. The van der Waals surface area contributed by atoms with Gasteiger partial charge in [0.1, 0.15) is 0 Å². The van der Waals surface area contributed by atoms with Crippen molar-refractivity contribution in [3.05, 3.63) is 29.6 Å². The van der Waals surface area contributed by atoms with Crippen LogP contribution in [-0.4, -0.2) is 24.7 Å². The quantitative estimate of drug-likeness (QED) is 0.870. The normalized spacial score (nSPS) is 18.8. The SMILES string of the molecule is CCNC(CC1CCOCC1)c1ccnc(C)c1. The van der Waals surface area contributed by atoms with Gasteiger partial charge < -0.3 is 10.1 Å². The Hall–Kier alpha value is -0.930. The highest BCUT2D eigenvalue weighted by Crippen LogP contribution is 2.27. The molecule has 18 heavy (non-hydrogen) atoms. The number of nitrogens with one attached hydrogen (secondary N) is 1. The average Bonchev–Trinajstić information content (AvgIpc) is 2.39. The van der Waals surface area contributed by atoms with Gasteiger partial charge in [-0.3, -0.25) is 4.98 Å². The Morgan fingerprint density at radius 1 is 1.44 bits per heavy atom. The molecule has 1 aromatic rings. The molecule has 0 spiro atoms. The molecular formula is C15H24N2O. The summed E-state index contributed by atoms with van der Waals surface area (Å²) in [6.45, 7) is 7.10. The van der Waals surface area contributed by atoms with E-state index in [0.29, 0.717) is 6.04 Å². The van der Waals surface area contributed by atoms with E-state index >= 15 is 0 Å². The molecule has 0 saturated carbocycles. The molecule has 1 atom stereocenters. The first-order valence-electron chi connectivity index (χ1n) is 7.03. The number of hydrogen-bond acceptors (Lipinski definition) is 3. The Bertz CT molecular complexity index is 361. The van der Waals surface area contributed by atoms with Gasteiger partial charge in [0.15, 0.2) is 0 Å². The molecule has 1 aliphatic heterocycles. The summed E-state index contributed by atoms with van der Waals surface area (Å²) in [7, 11) is 0. The molecule has 1 fully saturated rings. The van der Waals surface area contributed by atoms with Crippen molar-refractivity contribution in [2.24, 2.45) is 5.92 Å². The first-order chi connectivity index (χ1) is 8.79. The number of ether oxygens (including phenoxy) is 1.